The molecule has 2 rings (SSSR count). The number of nitrogens with one attached hydrogen (secondary N) is 1. The Bertz CT molecular complexity index is 426. The second-order valence-corrected chi connectivity index (χ2v) is 4.39. The van der Waals surface area contributed by atoms with Gasteiger partial charge < -0.3 is 19.9 Å². The van der Waals surface area contributed by atoms with Gasteiger partial charge in [-0.15, -0.1) is 8.78 Å². The van der Waals surface area contributed by atoms with Crippen molar-refractivity contribution in [2.45, 2.75) is 32.0 Å². The third kappa shape index (κ3) is 3.96. The fraction of sp³-hybridized carbons (Fsp3) is 0.538. The summed E-state index contributed by atoms with van der Waals surface area (Å²) in [6.45, 7) is 0.977. The highest BCUT2D eigenvalue weighted by molar-refractivity contribution is 5.55. The lowest BCUT2D eigenvalue weighted by atomic mass is 10.2. The standard InChI is InChI=1S/C13H17F2NO3/c14-13(15)18-11-6-5-10(9-12(11)19-13)16-7-3-1-2-4-8-17/h5-6,9,16-17H,1-4,7-8H2. The van der Waals surface area contributed by atoms with E-state index in [1.807, 2.05) is 0 Å². The molecule has 1 aliphatic rings. The Kier molecular flexibility index (Phi) is 4.42. The molecule has 1 aromatic rings. The van der Waals surface area contributed by atoms with E-state index in [-0.39, 0.29) is 18.1 Å². The van der Waals surface area contributed by atoms with Gasteiger partial charge in [0.05, 0.1) is 0 Å². The maximum atomic E-state index is 12.8. The minimum absolute atomic E-state index is 0.0512. The highest BCUT2D eigenvalue weighted by atomic mass is 19.3. The molecule has 0 amide bonds. The number of alkyl halides is 2. The molecule has 0 saturated heterocycles. The van der Waals surface area contributed by atoms with Crippen molar-refractivity contribution in [2.24, 2.45) is 0 Å². The number of rotatable bonds is 7. The normalized spacial score (nSPS) is 15.5. The number of aliphatic hydroxyl groups is 1. The van der Waals surface area contributed by atoms with Crippen LogP contribution in [-0.4, -0.2) is 24.6 Å². The van der Waals surface area contributed by atoms with Crippen molar-refractivity contribution in [1.82, 2.24) is 0 Å². The predicted molar refractivity (Wildman–Crippen MR) is 66.7 cm³/mol. The van der Waals surface area contributed by atoms with Crippen LogP contribution < -0.4 is 14.8 Å². The summed E-state index contributed by atoms with van der Waals surface area (Å²) in [6, 6.07) is 4.64. The van der Waals surface area contributed by atoms with Crippen LogP contribution in [-0.2, 0) is 0 Å². The predicted octanol–water partition coefficient (Wildman–Crippen LogP) is 2.97. The van der Waals surface area contributed by atoms with Crippen LogP contribution in [0.1, 0.15) is 25.7 Å². The summed E-state index contributed by atoms with van der Waals surface area (Å²) in [4.78, 5) is 0. The zero-order valence-corrected chi connectivity index (χ0v) is 10.5. The first-order chi connectivity index (χ1) is 9.11. The van der Waals surface area contributed by atoms with Gasteiger partial charge in [-0.25, -0.2) is 0 Å². The molecule has 1 heterocycles. The minimum atomic E-state index is -3.56. The molecule has 4 nitrogen and oxygen atoms in total. The number of aliphatic hydroxyl groups excluding tert-OH is 1. The van der Waals surface area contributed by atoms with Crippen LogP contribution in [0.25, 0.3) is 0 Å². The van der Waals surface area contributed by atoms with Gasteiger partial charge in [0.25, 0.3) is 0 Å². The quantitative estimate of drug-likeness (QED) is 0.750. The van der Waals surface area contributed by atoms with Crippen molar-refractivity contribution in [1.29, 1.82) is 0 Å². The lowest BCUT2D eigenvalue weighted by molar-refractivity contribution is -0.286. The van der Waals surface area contributed by atoms with Gasteiger partial charge in [0, 0.05) is 24.9 Å². The fourth-order valence-corrected chi connectivity index (χ4v) is 1.88. The molecule has 0 radical (unpaired) electrons. The van der Waals surface area contributed by atoms with E-state index >= 15 is 0 Å². The van der Waals surface area contributed by atoms with Crippen molar-refractivity contribution in [3.05, 3.63) is 18.2 Å². The lowest BCUT2D eigenvalue weighted by Gasteiger charge is -2.06. The molecular weight excluding hydrogens is 256 g/mol. The summed E-state index contributed by atoms with van der Waals surface area (Å²) >= 11 is 0. The third-order valence-corrected chi connectivity index (χ3v) is 2.82. The van der Waals surface area contributed by atoms with E-state index in [0.29, 0.717) is 0 Å². The molecular formula is C13H17F2NO3. The van der Waals surface area contributed by atoms with Gasteiger partial charge in [-0.05, 0) is 25.0 Å². The highest BCUT2D eigenvalue weighted by Crippen LogP contribution is 2.42. The number of ether oxygens (including phenoxy) is 2. The second kappa shape index (κ2) is 6.06. The summed E-state index contributed by atoms with van der Waals surface area (Å²) in [5, 5.41) is 11.8. The van der Waals surface area contributed by atoms with Gasteiger partial charge in [0.2, 0.25) is 0 Å². The SMILES string of the molecule is OCCCCCCNc1ccc2c(c1)OC(F)(F)O2. The summed E-state index contributed by atoms with van der Waals surface area (Å²) in [6.07, 6.45) is 0.233. The largest absolute Gasteiger partial charge is 0.586 e. The molecule has 0 saturated carbocycles. The molecule has 1 aliphatic heterocycles. The summed E-state index contributed by atoms with van der Waals surface area (Å²) in [5.41, 5.74) is 0.724. The Balaban J connectivity index is 1.77. The van der Waals surface area contributed by atoms with Gasteiger partial charge >= 0.3 is 6.29 Å². The van der Waals surface area contributed by atoms with E-state index < -0.39 is 6.29 Å². The molecule has 0 bridgehead atoms. The molecule has 106 valence electrons. The van der Waals surface area contributed by atoms with Crippen LogP contribution >= 0.6 is 0 Å². The smallest absolute Gasteiger partial charge is 0.396 e. The molecule has 0 fully saturated rings. The maximum absolute atomic E-state index is 12.8. The molecule has 6 heteroatoms. The van der Waals surface area contributed by atoms with Crippen molar-refractivity contribution in [3.8, 4) is 11.5 Å². The summed E-state index contributed by atoms with van der Waals surface area (Å²) < 4.78 is 34.3. The first-order valence-corrected chi connectivity index (χ1v) is 6.35. The number of unbranched alkanes of at least 4 members (excludes halogenated alkanes) is 3. The second-order valence-electron chi connectivity index (χ2n) is 4.39. The number of halogens is 2. The van der Waals surface area contributed by atoms with E-state index in [4.69, 9.17) is 5.11 Å². The Morgan fingerprint density at radius 2 is 1.79 bits per heavy atom. The van der Waals surface area contributed by atoms with Gasteiger partial charge in [-0.3, -0.25) is 0 Å². The van der Waals surface area contributed by atoms with Crippen molar-refractivity contribution >= 4 is 5.69 Å². The number of hydrogen-bond acceptors (Lipinski definition) is 4. The van der Waals surface area contributed by atoms with Gasteiger partial charge in [-0.1, -0.05) is 12.8 Å². The Morgan fingerprint density at radius 1 is 1.05 bits per heavy atom. The van der Waals surface area contributed by atoms with Crippen LogP contribution in [0.3, 0.4) is 0 Å². The summed E-state index contributed by atoms with van der Waals surface area (Å²) in [7, 11) is 0. The van der Waals surface area contributed by atoms with Crippen molar-refractivity contribution < 1.29 is 23.4 Å². The van der Waals surface area contributed by atoms with Crippen molar-refractivity contribution in [3.63, 3.8) is 0 Å². The monoisotopic (exact) mass is 273 g/mol. The fourth-order valence-electron chi connectivity index (χ4n) is 1.88. The van der Waals surface area contributed by atoms with E-state index in [1.165, 1.54) is 12.1 Å². The molecule has 0 atom stereocenters. The highest BCUT2D eigenvalue weighted by Gasteiger charge is 2.43. The Morgan fingerprint density at radius 3 is 2.58 bits per heavy atom. The molecule has 0 unspecified atom stereocenters. The molecule has 19 heavy (non-hydrogen) atoms. The molecule has 1 aromatic carbocycles. The topological polar surface area (TPSA) is 50.7 Å². The van der Waals surface area contributed by atoms with E-state index in [9.17, 15) is 8.78 Å². The minimum Gasteiger partial charge on any atom is -0.396 e. The van der Waals surface area contributed by atoms with Crippen LogP contribution in [0.5, 0.6) is 11.5 Å². The van der Waals surface area contributed by atoms with Gasteiger partial charge in [0.1, 0.15) is 0 Å². The number of fused-ring (bicyclic) bond motifs is 1. The first-order valence-electron chi connectivity index (χ1n) is 6.35. The summed E-state index contributed by atoms with van der Waals surface area (Å²) in [5.74, 6) is 0.105. The van der Waals surface area contributed by atoms with Crippen LogP contribution in [0.2, 0.25) is 0 Å². The zero-order chi connectivity index (χ0) is 13.7. The van der Waals surface area contributed by atoms with E-state index in [2.05, 4.69) is 14.8 Å². The molecule has 2 N–H and O–H groups in total. The number of anilines is 1. The Hall–Kier alpha value is -1.56. The van der Waals surface area contributed by atoms with Crippen molar-refractivity contribution in [2.75, 3.05) is 18.5 Å². The molecule has 0 spiro atoms. The van der Waals surface area contributed by atoms with E-state index in [1.54, 1.807) is 6.07 Å². The average molecular weight is 273 g/mol. The Labute approximate surface area is 110 Å². The van der Waals surface area contributed by atoms with Crippen LogP contribution in [0.4, 0.5) is 14.5 Å². The number of benzene rings is 1. The first kappa shape index (κ1) is 13.9. The lowest BCUT2D eigenvalue weighted by Crippen LogP contribution is -2.25. The third-order valence-electron chi connectivity index (χ3n) is 2.82. The number of hydrogen-bond donors (Lipinski definition) is 2. The van der Waals surface area contributed by atoms with Crippen LogP contribution in [0, 0.1) is 0 Å². The zero-order valence-electron chi connectivity index (χ0n) is 10.5. The molecule has 0 aliphatic carbocycles. The maximum Gasteiger partial charge on any atom is 0.586 e. The van der Waals surface area contributed by atoms with Crippen LogP contribution in [0.15, 0.2) is 18.2 Å². The van der Waals surface area contributed by atoms with Gasteiger partial charge in [0.15, 0.2) is 11.5 Å². The van der Waals surface area contributed by atoms with E-state index in [0.717, 1.165) is 37.9 Å². The molecule has 0 aromatic heterocycles. The average Bonchev–Trinajstić information content (AvgIpc) is 2.66. The van der Waals surface area contributed by atoms with Gasteiger partial charge in [-0.2, -0.15) is 0 Å².